The molecular weight excluding hydrogens is 208 g/mol. The van der Waals surface area contributed by atoms with Gasteiger partial charge in [0.25, 0.3) is 0 Å². The van der Waals surface area contributed by atoms with Gasteiger partial charge in [0.2, 0.25) is 0 Å². The summed E-state index contributed by atoms with van der Waals surface area (Å²) in [5, 5.41) is 3.29. The molecule has 0 radical (unpaired) electrons. The molecule has 0 amide bonds. The number of nitrogens with two attached hydrogens (primary N) is 1. The molecule has 1 aromatic rings. The first-order valence-electron chi connectivity index (χ1n) is 5.39. The molecule has 1 saturated heterocycles. The van der Waals surface area contributed by atoms with E-state index in [0.29, 0.717) is 6.54 Å². The number of hydrogen-bond acceptors (Lipinski definition) is 4. The van der Waals surface area contributed by atoms with E-state index in [0.717, 1.165) is 25.1 Å². The van der Waals surface area contributed by atoms with Crippen LogP contribution in [0.15, 0.2) is 5.38 Å². The molecule has 1 aliphatic heterocycles. The molecule has 0 aliphatic carbocycles. The molecule has 0 bridgehead atoms. The normalized spacial score (nSPS) is 31.0. The minimum atomic E-state index is 0.115. The lowest BCUT2D eigenvalue weighted by atomic mass is 9.79. The van der Waals surface area contributed by atoms with Crippen LogP contribution in [0.5, 0.6) is 0 Å². The van der Waals surface area contributed by atoms with Gasteiger partial charge in [-0.2, -0.15) is 0 Å². The second kappa shape index (κ2) is 4.20. The van der Waals surface area contributed by atoms with Crippen molar-refractivity contribution in [1.29, 1.82) is 0 Å². The van der Waals surface area contributed by atoms with Crippen molar-refractivity contribution in [3.05, 3.63) is 16.1 Å². The molecule has 2 N–H and O–H groups in total. The second-order valence-electron chi connectivity index (χ2n) is 4.39. The summed E-state index contributed by atoms with van der Waals surface area (Å²) in [4.78, 5) is 4.51. The molecule has 2 rings (SSSR count). The highest BCUT2D eigenvalue weighted by molar-refractivity contribution is 7.09. The van der Waals surface area contributed by atoms with E-state index in [9.17, 15) is 0 Å². The quantitative estimate of drug-likeness (QED) is 0.854. The Morgan fingerprint density at radius 1 is 1.73 bits per heavy atom. The number of aryl methyl sites for hydroxylation is 1. The Labute approximate surface area is 94.7 Å². The van der Waals surface area contributed by atoms with Gasteiger partial charge in [-0.1, -0.05) is 0 Å². The van der Waals surface area contributed by atoms with Crippen LogP contribution in [-0.4, -0.2) is 24.2 Å². The van der Waals surface area contributed by atoms with Crippen molar-refractivity contribution in [2.45, 2.75) is 32.8 Å². The van der Waals surface area contributed by atoms with Gasteiger partial charge in [-0.05, 0) is 20.3 Å². The topological polar surface area (TPSA) is 48.1 Å². The fraction of sp³-hybridized carbons (Fsp3) is 0.727. The number of nitrogens with zero attached hydrogens (tertiary/aromatic N) is 1. The molecule has 15 heavy (non-hydrogen) atoms. The zero-order chi connectivity index (χ0) is 10.9. The smallest absolute Gasteiger partial charge is 0.0935 e. The van der Waals surface area contributed by atoms with E-state index in [1.54, 1.807) is 11.3 Å². The van der Waals surface area contributed by atoms with E-state index in [2.05, 4.69) is 17.3 Å². The summed E-state index contributed by atoms with van der Waals surface area (Å²) in [6.07, 6.45) is 2.28. The Kier molecular flexibility index (Phi) is 3.09. The van der Waals surface area contributed by atoms with Gasteiger partial charge in [0.1, 0.15) is 0 Å². The molecule has 0 saturated carbocycles. The number of hydrogen-bond donors (Lipinski definition) is 1. The van der Waals surface area contributed by atoms with Crippen molar-refractivity contribution in [2.75, 3.05) is 13.2 Å². The van der Waals surface area contributed by atoms with E-state index >= 15 is 0 Å². The van der Waals surface area contributed by atoms with Gasteiger partial charge in [0.05, 0.1) is 11.1 Å². The Hall–Kier alpha value is -0.450. The maximum absolute atomic E-state index is 5.91. The van der Waals surface area contributed by atoms with Crippen molar-refractivity contribution in [1.82, 2.24) is 4.98 Å². The molecule has 2 unspecified atom stereocenters. The molecule has 2 heterocycles. The maximum atomic E-state index is 5.91. The second-order valence-corrected chi connectivity index (χ2v) is 5.33. The maximum Gasteiger partial charge on any atom is 0.0935 e. The third-order valence-corrected chi connectivity index (χ3v) is 4.37. The molecule has 0 spiro atoms. The summed E-state index contributed by atoms with van der Waals surface area (Å²) >= 11 is 1.73. The Bertz CT molecular complexity index is 339. The number of ether oxygens (including phenoxy) is 1. The molecular formula is C11H18N2OS. The summed E-state index contributed by atoms with van der Waals surface area (Å²) in [6, 6.07) is 0. The monoisotopic (exact) mass is 226 g/mol. The lowest BCUT2D eigenvalue weighted by Crippen LogP contribution is -2.38. The van der Waals surface area contributed by atoms with Crippen LogP contribution in [0.1, 0.15) is 24.0 Å². The van der Waals surface area contributed by atoms with Crippen LogP contribution in [0, 0.1) is 12.3 Å². The number of thiazole rings is 1. The van der Waals surface area contributed by atoms with Crippen molar-refractivity contribution in [2.24, 2.45) is 11.1 Å². The predicted molar refractivity (Wildman–Crippen MR) is 62.1 cm³/mol. The Morgan fingerprint density at radius 3 is 3.00 bits per heavy atom. The van der Waals surface area contributed by atoms with Crippen molar-refractivity contribution < 1.29 is 4.74 Å². The van der Waals surface area contributed by atoms with Crippen molar-refractivity contribution >= 4 is 11.3 Å². The Balaban J connectivity index is 2.14. The van der Waals surface area contributed by atoms with Gasteiger partial charge >= 0.3 is 0 Å². The first-order chi connectivity index (χ1) is 7.16. The third-order valence-electron chi connectivity index (χ3n) is 3.41. The molecule has 1 aromatic heterocycles. The zero-order valence-corrected chi connectivity index (χ0v) is 10.1. The van der Waals surface area contributed by atoms with Gasteiger partial charge in [-0.15, -0.1) is 11.3 Å². The molecule has 2 atom stereocenters. The zero-order valence-electron chi connectivity index (χ0n) is 9.32. The molecule has 4 heteroatoms. The molecule has 1 fully saturated rings. The van der Waals surface area contributed by atoms with E-state index in [-0.39, 0.29) is 11.5 Å². The number of rotatable bonds is 3. The SMILES string of the molecule is Cc1csc(CC2(CN)CCOC2C)n1. The largest absolute Gasteiger partial charge is 0.378 e. The van der Waals surface area contributed by atoms with E-state index in [1.165, 1.54) is 5.01 Å². The van der Waals surface area contributed by atoms with Crippen LogP contribution >= 0.6 is 11.3 Å². The summed E-state index contributed by atoms with van der Waals surface area (Å²) in [5.41, 5.74) is 7.13. The highest BCUT2D eigenvalue weighted by Crippen LogP contribution is 2.37. The summed E-state index contributed by atoms with van der Waals surface area (Å²) in [5.74, 6) is 0. The first kappa shape index (κ1) is 11.0. The average molecular weight is 226 g/mol. The van der Waals surface area contributed by atoms with E-state index < -0.39 is 0 Å². The number of aromatic nitrogens is 1. The van der Waals surface area contributed by atoms with Crippen molar-refractivity contribution in [3.63, 3.8) is 0 Å². The first-order valence-corrected chi connectivity index (χ1v) is 6.27. The minimum absolute atomic E-state index is 0.115. The van der Waals surface area contributed by atoms with Crippen LogP contribution in [-0.2, 0) is 11.2 Å². The van der Waals surface area contributed by atoms with Gasteiger partial charge in [0.15, 0.2) is 0 Å². The highest BCUT2D eigenvalue weighted by atomic mass is 32.1. The summed E-state index contributed by atoms with van der Waals surface area (Å²) in [6.45, 7) is 5.68. The predicted octanol–water partition coefficient (Wildman–Crippen LogP) is 1.75. The van der Waals surface area contributed by atoms with E-state index in [4.69, 9.17) is 10.5 Å². The molecule has 3 nitrogen and oxygen atoms in total. The van der Waals surface area contributed by atoms with Crippen LogP contribution in [0.4, 0.5) is 0 Å². The summed E-state index contributed by atoms with van der Waals surface area (Å²) < 4.78 is 5.64. The van der Waals surface area contributed by atoms with Gasteiger partial charge in [-0.25, -0.2) is 4.98 Å². The molecule has 84 valence electrons. The van der Waals surface area contributed by atoms with Crippen LogP contribution in [0.3, 0.4) is 0 Å². The fourth-order valence-electron chi connectivity index (χ4n) is 2.18. The summed E-state index contributed by atoms with van der Waals surface area (Å²) in [7, 11) is 0. The Morgan fingerprint density at radius 2 is 2.53 bits per heavy atom. The molecule has 1 aliphatic rings. The third kappa shape index (κ3) is 2.07. The van der Waals surface area contributed by atoms with Gasteiger partial charge in [0, 0.05) is 36.1 Å². The van der Waals surface area contributed by atoms with Gasteiger partial charge in [-0.3, -0.25) is 0 Å². The van der Waals surface area contributed by atoms with Crippen molar-refractivity contribution in [3.8, 4) is 0 Å². The minimum Gasteiger partial charge on any atom is -0.378 e. The molecule has 0 aromatic carbocycles. The van der Waals surface area contributed by atoms with Crippen LogP contribution in [0.25, 0.3) is 0 Å². The van der Waals surface area contributed by atoms with E-state index in [1.807, 2.05) is 6.92 Å². The standard InChI is InChI=1S/C11H18N2OS/c1-8-6-15-10(13-8)5-11(7-12)3-4-14-9(11)2/h6,9H,3-5,7,12H2,1-2H3. The lowest BCUT2D eigenvalue weighted by Gasteiger charge is -2.29. The van der Waals surface area contributed by atoms with Crippen LogP contribution < -0.4 is 5.73 Å². The highest BCUT2D eigenvalue weighted by Gasteiger charge is 2.40. The lowest BCUT2D eigenvalue weighted by molar-refractivity contribution is 0.0673. The average Bonchev–Trinajstić information content (AvgIpc) is 2.76. The van der Waals surface area contributed by atoms with Gasteiger partial charge < -0.3 is 10.5 Å². The van der Waals surface area contributed by atoms with Crippen LogP contribution in [0.2, 0.25) is 0 Å². The fourth-order valence-corrected chi connectivity index (χ4v) is 3.10.